The first-order valence-electron chi connectivity index (χ1n) is 18.0. The van der Waals surface area contributed by atoms with E-state index in [1.165, 1.54) is 25.0 Å². The van der Waals surface area contributed by atoms with E-state index >= 15 is 0 Å². The molecule has 5 aliphatic rings. The van der Waals surface area contributed by atoms with Crippen LogP contribution in [0.1, 0.15) is 95.8 Å². The van der Waals surface area contributed by atoms with Crippen LogP contribution in [-0.4, -0.2) is 61.8 Å². The van der Waals surface area contributed by atoms with Gasteiger partial charge >= 0.3 is 0 Å². The van der Waals surface area contributed by atoms with Crippen molar-refractivity contribution in [1.29, 1.82) is 0 Å². The highest BCUT2D eigenvalue weighted by atomic mass is 32.2. The smallest absolute Gasteiger partial charge is 0.293 e. The number of amides is 2. The maximum atomic E-state index is 13.1. The van der Waals surface area contributed by atoms with Crippen LogP contribution in [0, 0.1) is 39.2 Å². The number of nitro groups is 1. The number of fused-ring (bicyclic) bond motifs is 2. The van der Waals surface area contributed by atoms with Gasteiger partial charge in [-0.25, -0.2) is 13.1 Å². The third-order valence-electron chi connectivity index (χ3n) is 12.4. The summed E-state index contributed by atoms with van der Waals surface area (Å²) in [4.78, 5) is 41.3. The van der Waals surface area contributed by atoms with E-state index in [9.17, 15) is 28.1 Å². The van der Waals surface area contributed by atoms with Gasteiger partial charge in [-0.2, -0.15) is 0 Å². The fourth-order valence-corrected chi connectivity index (χ4v) is 10.3. The molecule has 4 aliphatic carbocycles. The number of carbonyl (C=O) groups excluding carboxylic acids is 2. The predicted molar refractivity (Wildman–Crippen MR) is 190 cm³/mol. The molecule has 7 rings (SSSR count). The summed E-state index contributed by atoms with van der Waals surface area (Å²) in [5, 5.41) is 15.0. The predicted octanol–water partition coefficient (Wildman–Crippen LogP) is 6.59. The van der Waals surface area contributed by atoms with E-state index in [1.54, 1.807) is 31.2 Å². The topological polar surface area (TPSA) is 142 Å². The standard InChI is InChI=1S/C37H51N5O6S/c1-24-32-20-28(37(32,3)4)21-34(24)41(25(2)43)30-16-18-40(19-17-30)29-12-10-27(11-13-29)36(44)39-49(47,48)31-14-15-33(35(22-31)42(45)46)38-23-26-8-6-5-7-9-26/h10-15,22,24,26,28,30,32,34,38H,5-9,16-21,23H2,1-4H3,(H,39,44)/t24-,28+,32+,34+/m1/s1. The van der Waals surface area contributed by atoms with Crippen LogP contribution in [0.5, 0.6) is 0 Å². The minimum Gasteiger partial charge on any atom is -0.379 e. The molecule has 2 N–H and O–H groups in total. The summed E-state index contributed by atoms with van der Waals surface area (Å²) < 4.78 is 28.3. The summed E-state index contributed by atoms with van der Waals surface area (Å²) in [5.74, 6) is 1.63. The lowest BCUT2D eigenvalue weighted by Gasteiger charge is -2.64. The van der Waals surface area contributed by atoms with E-state index in [2.05, 4.69) is 40.6 Å². The number of carbonyl (C=O) groups is 2. The molecule has 1 aliphatic heterocycles. The summed E-state index contributed by atoms with van der Waals surface area (Å²) in [5.41, 5.74) is 1.37. The monoisotopic (exact) mass is 693 g/mol. The van der Waals surface area contributed by atoms with Crippen molar-refractivity contribution in [2.24, 2.45) is 29.1 Å². The molecule has 5 fully saturated rings. The summed E-state index contributed by atoms with van der Waals surface area (Å²) in [6, 6.07) is 11.0. The summed E-state index contributed by atoms with van der Waals surface area (Å²) in [7, 11) is -4.36. The summed E-state index contributed by atoms with van der Waals surface area (Å²) >= 11 is 0. The molecular formula is C37H51N5O6S. The van der Waals surface area contributed by atoms with Crippen LogP contribution in [0.2, 0.25) is 0 Å². The van der Waals surface area contributed by atoms with Crippen LogP contribution in [0.3, 0.4) is 0 Å². The zero-order valence-corrected chi connectivity index (χ0v) is 30.0. The molecule has 49 heavy (non-hydrogen) atoms. The first-order valence-corrected chi connectivity index (χ1v) is 19.5. The Kier molecular flexibility index (Phi) is 9.99. The molecule has 0 unspecified atom stereocenters. The fraction of sp³-hybridized carbons (Fsp3) is 0.622. The highest BCUT2D eigenvalue weighted by Gasteiger charge is 2.58. The van der Waals surface area contributed by atoms with Gasteiger partial charge in [-0.3, -0.25) is 19.7 Å². The van der Waals surface area contributed by atoms with Crippen molar-refractivity contribution in [3.05, 3.63) is 58.1 Å². The lowest BCUT2D eigenvalue weighted by atomic mass is 9.44. The Hall–Kier alpha value is -3.67. The molecule has 0 aromatic heterocycles. The van der Waals surface area contributed by atoms with Gasteiger partial charge in [0, 0.05) is 56.0 Å². The van der Waals surface area contributed by atoms with Gasteiger partial charge in [-0.1, -0.05) is 40.0 Å². The third-order valence-corrected chi connectivity index (χ3v) is 13.7. The van der Waals surface area contributed by atoms with Crippen molar-refractivity contribution in [1.82, 2.24) is 9.62 Å². The van der Waals surface area contributed by atoms with Gasteiger partial charge in [-0.15, -0.1) is 0 Å². The summed E-state index contributed by atoms with van der Waals surface area (Å²) in [6.45, 7) is 10.9. The SMILES string of the molecule is CC(=O)N(C1CCN(c2ccc(C(=O)NS(=O)(=O)c3ccc(NCC4CCCCC4)c([N+](=O)[O-])c3)cc2)CC1)[C@H]1C[C@@H]2C[C@@H]([C@H]1C)C2(C)C. The van der Waals surface area contributed by atoms with E-state index in [0.29, 0.717) is 41.7 Å². The summed E-state index contributed by atoms with van der Waals surface area (Å²) in [6.07, 6.45) is 9.73. The molecule has 2 amide bonds. The van der Waals surface area contributed by atoms with Gasteiger partial charge in [0.25, 0.3) is 21.6 Å². The maximum Gasteiger partial charge on any atom is 0.293 e. The molecular weight excluding hydrogens is 643 g/mol. The molecule has 1 saturated heterocycles. The Morgan fingerprint density at radius 1 is 1.00 bits per heavy atom. The number of hydrogen-bond donors (Lipinski definition) is 2. The van der Waals surface area contributed by atoms with E-state index < -0.39 is 20.9 Å². The van der Waals surface area contributed by atoms with Crippen molar-refractivity contribution < 1.29 is 22.9 Å². The second-order valence-corrected chi connectivity index (χ2v) is 17.2. The van der Waals surface area contributed by atoms with Crippen LogP contribution in [0.15, 0.2) is 47.4 Å². The fourth-order valence-electron chi connectivity index (χ4n) is 9.34. The number of nitro benzene ring substituents is 1. The molecule has 0 spiro atoms. The number of rotatable bonds is 10. The van der Waals surface area contributed by atoms with Crippen LogP contribution in [0.25, 0.3) is 0 Å². The first kappa shape index (κ1) is 35.2. The van der Waals surface area contributed by atoms with Crippen molar-refractivity contribution >= 4 is 38.9 Å². The highest BCUT2D eigenvalue weighted by Crippen LogP contribution is 2.62. The zero-order chi connectivity index (χ0) is 35.1. The van der Waals surface area contributed by atoms with Crippen molar-refractivity contribution in [3.63, 3.8) is 0 Å². The number of sulfonamides is 1. The molecule has 2 bridgehead atoms. The minimum absolute atomic E-state index is 0.164. The molecule has 266 valence electrons. The van der Waals surface area contributed by atoms with Crippen molar-refractivity contribution in [2.45, 2.75) is 102 Å². The van der Waals surface area contributed by atoms with E-state index in [0.717, 1.165) is 69.8 Å². The Balaban J connectivity index is 1.05. The Bertz CT molecular complexity index is 1660. The zero-order valence-electron chi connectivity index (χ0n) is 29.2. The van der Waals surface area contributed by atoms with Gasteiger partial charge in [0.05, 0.1) is 9.82 Å². The molecule has 2 aromatic carbocycles. The molecule has 12 heteroatoms. The van der Waals surface area contributed by atoms with E-state index in [4.69, 9.17) is 0 Å². The van der Waals surface area contributed by atoms with Crippen molar-refractivity contribution in [2.75, 3.05) is 29.9 Å². The van der Waals surface area contributed by atoms with Crippen LogP contribution >= 0.6 is 0 Å². The first-order chi connectivity index (χ1) is 23.3. The Labute approximate surface area is 290 Å². The molecule has 11 nitrogen and oxygen atoms in total. The quantitative estimate of drug-likeness (QED) is 0.210. The van der Waals surface area contributed by atoms with E-state index in [1.807, 2.05) is 0 Å². The molecule has 1 heterocycles. The number of piperidine rings is 1. The Morgan fingerprint density at radius 2 is 1.67 bits per heavy atom. The number of benzene rings is 2. The molecule has 2 aromatic rings. The van der Waals surface area contributed by atoms with E-state index in [-0.39, 0.29) is 33.8 Å². The minimum atomic E-state index is -4.36. The average molecular weight is 694 g/mol. The van der Waals surface area contributed by atoms with Gasteiger partial charge in [0.15, 0.2) is 0 Å². The average Bonchev–Trinajstić information content (AvgIpc) is 3.08. The second kappa shape index (κ2) is 13.9. The third kappa shape index (κ3) is 7.16. The normalized spacial score (nSPS) is 25.6. The lowest BCUT2D eigenvalue weighted by Crippen LogP contribution is -2.63. The Morgan fingerprint density at radius 3 is 2.27 bits per heavy atom. The largest absolute Gasteiger partial charge is 0.379 e. The molecule has 4 saturated carbocycles. The second-order valence-electron chi connectivity index (χ2n) is 15.5. The van der Waals surface area contributed by atoms with Crippen LogP contribution in [0.4, 0.5) is 17.1 Å². The number of nitrogens with zero attached hydrogens (tertiary/aromatic N) is 3. The van der Waals surface area contributed by atoms with Gasteiger partial charge in [0.2, 0.25) is 5.91 Å². The van der Waals surface area contributed by atoms with Crippen LogP contribution in [-0.2, 0) is 14.8 Å². The number of anilines is 2. The molecule has 4 atom stereocenters. The van der Waals surface area contributed by atoms with Crippen molar-refractivity contribution in [3.8, 4) is 0 Å². The molecule has 0 radical (unpaired) electrons. The van der Waals surface area contributed by atoms with Crippen LogP contribution < -0.4 is 14.9 Å². The lowest BCUT2D eigenvalue weighted by molar-refractivity contribution is -0.384. The van der Waals surface area contributed by atoms with Gasteiger partial charge < -0.3 is 15.1 Å². The number of hydrogen-bond acceptors (Lipinski definition) is 8. The highest BCUT2D eigenvalue weighted by molar-refractivity contribution is 7.90. The van der Waals surface area contributed by atoms with Gasteiger partial charge in [0.1, 0.15) is 5.69 Å². The van der Waals surface area contributed by atoms with Gasteiger partial charge in [-0.05, 0) is 104 Å². The number of nitrogens with one attached hydrogen (secondary N) is 2. The maximum absolute atomic E-state index is 13.1.